The summed E-state index contributed by atoms with van der Waals surface area (Å²) in [5.41, 5.74) is -0.164. The fourth-order valence-corrected chi connectivity index (χ4v) is 2.36. The summed E-state index contributed by atoms with van der Waals surface area (Å²) in [6.45, 7) is 15.0. The topological polar surface area (TPSA) is 50.4 Å². The number of hydrogen-bond acceptors (Lipinski definition) is 3. The van der Waals surface area contributed by atoms with Crippen molar-refractivity contribution in [1.29, 1.82) is 0 Å². The van der Waals surface area contributed by atoms with Gasteiger partial charge in [0, 0.05) is 18.5 Å². The molecule has 1 heterocycles. The standard InChI is InChI=1S/C14H28N2O2/c1-12(2,3)14(7-8-15-9-14)10-16-11(17)18-13(4,5)6/h15H,7-10H2,1-6H3,(H,16,17)/t14-/m1/s1. The fraction of sp³-hybridized carbons (Fsp3) is 0.929. The molecule has 0 saturated carbocycles. The molecule has 1 amide bonds. The molecule has 0 unspecified atom stereocenters. The molecule has 1 aliphatic heterocycles. The van der Waals surface area contributed by atoms with Gasteiger partial charge >= 0.3 is 6.09 Å². The lowest BCUT2D eigenvalue weighted by molar-refractivity contribution is 0.0437. The van der Waals surface area contributed by atoms with Crippen molar-refractivity contribution in [1.82, 2.24) is 10.6 Å². The van der Waals surface area contributed by atoms with Gasteiger partial charge in [0.1, 0.15) is 5.60 Å². The van der Waals surface area contributed by atoms with Crippen LogP contribution in [0, 0.1) is 10.8 Å². The van der Waals surface area contributed by atoms with Gasteiger partial charge in [-0.3, -0.25) is 0 Å². The second kappa shape index (κ2) is 5.08. The maximum Gasteiger partial charge on any atom is 0.407 e. The number of carbonyl (C=O) groups is 1. The summed E-state index contributed by atoms with van der Waals surface area (Å²) in [4.78, 5) is 11.7. The lowest BCUT2D eigenvalue weighted by atomic mass is 9.66. The highest BCUT2D eigenvalue weighted by Gasteiger charge is 2.44. The zero-order valence-electron chi connectivity index (χ0n) is 12.6. The molecule has 18 heavy (non-hydrogen) atoms. The molecule has 106 valence electrons. The molecule has 0 aromatic rings. The van der Waals surface area contributed by atoms with Crippen LogP contribution < -0.4 is 10.6 Å². The van der Waals surface area contributed by atoms with Gasteiger partial charge in [-0.05, 0) is 39.2 Å². The van der Waals surface area contributed by atoms with E-state index < -0.39 is 5.60 Å². The summed E-state index contributed by atoms with van der Waals surface area (Å²) in [7, 11) is 0. The fourth-order valence-electron chi connectivity index (χ4n) is 2.36. The Balaban J connectivity index is 2.57. The summed E-state index contributed by atoms with van der Waals surface area (Å²) in [5, 5.41) is 6.33. The number of amides is 1. The SMILES string of the molecule is CC(C)(C)OC(=O)NC[C@@]1(C(C)(C)C)CCNC1. The summed E-state index contributed by atoms with van der Waals surface area (Å²) in [6.07, 6.45) is 0.768. The Morgan fingerprint density at radius 3 is 2.28 bits per heavy atom. The molecule has 0 radical (unpaired) electrons. The first-order valence-corrected chi connectivity index (χ1v) is 6.73. The van der Waals surface area contributed by atoms with E-state index in [1.807, 2.05) is 20.8 Å². The molecular weight excluding hydrogens is 228 g/mol. The maximum atomic E-state index is 11.7. The van der Waals surface area contributed by atoms with Crippen LogP contribution >= 0.6 is 0 Å². The second-order valence-electron chi connectivity index (χ2n) is 7.31. The van der Waals surface area contributed by atoms with E-state index in [9.17, 15) is 4.79 Å². The first-order chi connectivity index (χ1) is 8.06. The summed E-state index contributed by atoms with van der Waals surface area (Å²) < 4.78 is 5.28. The minimum absolute atomic E-state index is 0.115. The van der Waals surface area contributed by atoms with Crippen molar-refractivity contribution in [3.63, 3.8) is 0 Å². The zero-order chi connectivity index (χ0) is 14.0. The Morgan fingerprint density at radius 2 is 1.89 bits per heavy atom. The lowest BCUT2D eigenvalue weighted by Crippen LogP contribution is -2.48. The largest absolute Gasteiger partial charge is 0.444 e. The molecule has 0 aromatic carbocycles. The molecule has 1 saturated heterocycles. The van der Waals surface area contributed by atoms with Crippen molar-refractivity contribution in [2.75, 3.05) is 19.6 Å². The van der Waals surface area contributed by atoms with Crippen molar-refractivity contribution in [2.45, 2.75) is 53.6 Å². The Kier molecular flexibility index (Phi) is 4.31. The van der Waals surface area contributed by atoms with E-state index in [4.69, 9.17) is 4.74 Å². The lowest BCUT2D eigenvalue weighted by Gasteiger charge is -2.41. The van der Waals surface area contributed by atoms with E-state index in [0.717, 1.165) is 19.5 Å². The van der Waals surface area contributed by atoms with Gasteiger partial charge in [0.15, 0.2) is 0 Å². The van der Waals surface area contributed by atoms with Crippen LogP contribution in [0.3, 0.4) is 0 Å². The Bertz CT molecular complexity index is 294. The van der Waals surface area contributed by atoms with Gasteiger partial charge in [-0.2, -0.15) is 0 Å². The normalized spacial score (nSPS) is 25.0. The van der Waals surface area contributed by atoms with Gasteiger partial charge in [-0.1, -0.05) is 20.8 Å². The number of hydrogen-bond donors (Lipinski definition) is 2. The highest BCUT2D eigenvalue weighted by Crippen LogP contribution is 2.42. The third-order valence-electron chi connectivity index (χ3n) is 3.80. The van der Waals surface area contributed by atoms with Crippen LogP contribution in [0.25, 0.3) is 0 Å². The number of nitrogens with one attached hydrogen (secondary N) is 2. The van der Waals surface area contributed by atoms with Crippen LogP contribution in [-0.4, -0.2) is 31.3 Å². The van der Waals surface area contributed by atoms with E-state index in [1.165, 1.54) is 0 Å². The van der Waals surface area contributed by atoms with Gasteiger partial charge in [-0.25, -0.2) is 4.79 Å². The number of rotatable bonds is 2. The van der Waals surface area contributed by atoms with Crippen LogP contribution in [0.2, 0.25) is 0 Å². The maximum absolute atomic E-state index is 11.7. The highest BCUT2D eigenvalue weighted by molar-refractivity contribution is 5.67. The Labute approximate surface area is 111 Å². The first-order valence-electron chi connectivity index (χ1n) is 6.73. The highest BCUT2D eigenvalue weighted by atomic mass is 16.6. The summed E-state index contributed by atoms with van der Waals surface area (Å²) in [5.74, 6) is 0. The molecule has 1 aliphatic rings. The Morgan fingerprint density at radius 1 is 1.28 bits per heavy atom. The Hall–Kier alpha value is -0.770. The minimum Gasteiger partial charge on any atom is -0.444 e. The van der Waals surface area contributed by atoms with E-state index in [2.05, 4.69) is 31.4 Å². The van der Waals surface area contributed by atoms with Crippen molar-refractivity contribution >= 4 is 6.09 Å². The smallest absolute Gasteiger partial charge is 0.407 e. The van der Waals surface area contributed by atoms with Crippen molar-refractivity contribution in [2.24, 2.45) is 10.8 Å². The molecule has 1 fully saturated rings. The van der Waals surface area contributed by atoms with Gasteiger partial charge in [0.2, 0.25) is 0 Å². The van der Waals surface area contributed by atoms with E-state index in [0.29, 0.717) is 6.54 Å². The molecule has 2 N–H and O–H groups in total. The minimum atomic E-state index is -0.438. The third kappa shape index (κ3) is 3.87. The molecule has 1 rings (SSSR count). The van der Waals surface area contributed by atoms with Gasteiger partial charge in [0.25, 0.3) is 0 Å². The average molecular weight is 256 g/mol. The van der Waals surface area contributed by atoms with Crippen molar-refractivity contribution < 1.29 is 9.53 Å². The number of alkyl carbamates (subject to hydrolysis) is 1. The van der Waals surface area contributed by atoms with E-state index in [-0.39, 0.29) is 16.9 Å². The second-order valence-corrected chi connectivity index (χ2v) is 7.31. The molecule has 0 aromatic heterocycles. The number of carbonyl (C=O) groups excluding carboxylic acids is 1. The van der Waals surface area contributed by atoms with Crippen molar-refractivity contribution in [3.05, 3.63) is 0 Å². The predicted molar refractivity (Wildman–Crippen MR) is 73.6 cm³/mol. The predicted octanol–water partition coefficient (Wildman–Crippen LogP) is 2.54. The molecule has 0 aliphatic carbocycles. The third-order valence-corrected chi connectivity index (χ3v) is 3.80. The van der Waals surface area contributed by atoms with Gasteiger partial charge < -0.3 is 15.4 Å². The first kappa shape index (κ1) is 15.3. The molecule has 1 atom stereocenters. The van der Waals surface area contributed by atoms with Crippen molar-refractivity contribution in [3.8, 4) is 0 Å². The van der Waals surface area contributed by atoms with Gasteiger partial charge in [0.05, 0.1) is 0 Å². The number of ether oxygens (including phenoxy) is 1. The van der Waals surface area contributed by atoms with Crippen LogP contribution in [0.5, 0.6) is 0 Å². The van der Waals surface area contributed by atoms with Gasteiger partial charge in [-0.15, -0.1) is 0 Å². The molecule has 0 spiro atoms. The van der Waals surface area contributed by atoms with Crippen LogP contribution in [-0.2, 0) is 4.74 Å². The van der Waals surface area contributed by atoms with Crippen LogP contribution in [0.4, 0.5) is 4.79 Å². The summed E-state index contributed by atoms with van der Waals surface area (Å²) in [6, 6.07) is 0. The molecule has 0 bridgehead atoms. The monoisotopic (exact) mass is 256 g/mol. The van der Waals surface area contributed by atoms with E-state index >= 15 is 0 Å². The molecular formula is C14H28N2O2. The van der Waals surface area contributed by atoms with Crippen LogP contribution in [0.1, 0.15) is 48.0 Å². The molecule has 4 nitrogen and oxygen atoms in total. The van der Waals surface area contributed by atoms with Crippen LogP contribution in [0.15, 0.2) is 0 Å². The summed E-state index contributed by atoms with van der Waals surface area (Å²) >= 11 is 0. The quantitative estimate of drug-likeness (QED) is 0.798. The zero-order valence-corrected chi connectivity index (χ0v) is 12.6. The van der Waals surface area contributed by atoms with E-state index in [1.54, 1.807) is 0 Å². The molecule has 4 heteroatoms. The average Bonchev–Trinajstić information content (AvgIpc) is 2.60.